The fourth-order valence-corrected chi connectivity index (χ4v) is 1.15. The van der Waals surface area contributed by atoms with Crippen LogP contribution in [0.5, 0.6) is 0 Å². The molecule has 5 N–H and O–H groups in total. The van der Waals surface area contributed by atoms with E-state index in [-0.39, 0.29) is 24.3 Å². The Balaban J connectivity index is 0.00000225. The number of benzene rings is 1. The Morgan fingerprint density at radius 2 is 1.88 bits per heavy atom. The molecule has 16 heavy (non-hydrogen) atoms. The Kier molecular flexibility index (Phi) is 5.95. The average molecular weight is 242 g/mol. The Morgan fingerprint density at radius 3 is 2.38 bits per heavy atom. The second kappa shape index (κ2) is 6.68. The molecule has 0 fully saturated rings. The van der Waals surface area contributed by atoms with Crippen molar-refractivity contribution in [2.75, 3.05) is 7.05 Å². The molecule has 1 rings (SSSR count). The van der Waals surface area contributed by atoms with Crippen molar-refractivity contribution >= 4 is 24.3 Å². The number of nitrogens with one attached hydrogen (secondary N) is 1. The zero-order chi connectivity index (χ0) is 11.3. The number of halogens is 1. The lowest BCUT2D eigenvalue weighted by Gasteiger charge is -2.17. The number of nitrogens with zero attached hydrogens (tertiary/aromatic N) is 2. The van der Waals surface area contributed by atoms with Gasteiger partial charge in [0, 0.05) is 13.6 Å². The summed E-state index contributed by atoms with van der Waals surface area (Å²) in [6.07, 6.45) is 0. The second-order valence-electron chi connectivity index (χ2n) is 3.20. The lowest BCUT2D eigenvalue weighted by atomic mass is 10.2. The first-order valence-electron chi connectivity index (χ1n) is 4.53. The summed E-state index contributed by atoms with van der Waals surface area (Å²) in [5.74, 6) is -0.0428. The maximum absolute atomic E-state index is 6.98. The molecule has 6 heteroatoms. The zero-order valence-electron chi connectivity index (χ0n) is 9.05. The van der Waals surface area contributed by atoms with Crippen molar-refractivity contribution in [3.63, 3.8) is 0 Å². The van der Waals surface area contributed by atoms with Crippen LogP contribution in [0.2, 0.25) is 0 Å². The monoisotopic (exact) mass is 241 g/mol. The smallest absolute Gasteiger partial charge is 0.215 e. The van der Waals surface area contributed by atoms with E-state index < -0.39 is 0 Å². The summed E-state index contributed by atoms with van der Waals surface area (Å²) in [5.41, 5.74) is 11.9. The van der Waals surface area contributed by atoms with Gasteiger partial charge in [0.15, 0.2) is 5.96 Å². The van der Waals surface area contributed by atoms with Crippen LogP contribution < -0.4 is 11.5 Å². The average Bonchev–Trinajstić information content (AvgIpc) is 2.18. The Labute approximate surface area is 101 Å². The molecule has 0 bridgehead atoms. The van der Waals surface area contributed by atoms with Crippen LogP contribution in [0.1, 0.15) is 5.56 Å². The largest absolute Gasteiger partial charge is 0.369 e. The van der Waals surface area contributed by atoms with Gasteiger partial charge in [-0.25, -0.2) is 0 Å². The van der Waals surface area contributed by atoms with E-state index in [9.17, 15) is 0 Å². The fraction of sp³-hybridized carbons (Fsp3) is 0.200. The van der Waals surface area contributed by atoms with Crippen molar-refractivity contribution in [1.29, 1.82) is 5.41 Å². The first-order chi connectivity index (χ1) is 7.09. The Bertz CT molecular complexity index is 363. The molecular weight excluding hydrogens is 226 g/mol. The van der Waals surface area contributed by atoms with Gasteiger partial charge in [-0.3, -0.25) is 5.41 Å². The van der Waals surface area contributed by atoms with Gasteiger partial charge in [0.1, 0.15) is 0 Å². The summed E-state index contributed by atoms with van der Waals surface area (Å²) in [5, 5.41) is 6.98. The van der Waals surface area contributed by atoms with Crippen molar-refractivity contribution in [3.05, 3.63) is 35.9 Å². The molecule has 1 aromatic rings. The second-order valence-corrected chi connectivity index (χ2v) is 3.20. The first-order valence-corrected chi connectivity index (χ1v) is 4.53. The van der Waals surface area contributed by atoms with Crippen LogP contribution in [-0.4, -0.2) is 23.9 Å². The van der Waals surface area contributed by atoms with E-state index in [0.717, 1.165) is 5.56 Å². The van der Waals surface area contributed by atoms with Crippen LogP contribution in [-0.2, 0) is 6.54 Å². The van der Waals surface area contributed by atoms with Crippen molar-refractivity contribution in [1.82, 2.24) is 4.90 Å². The third kappa shape index (κ3) is 4.65. The molecule has 0 saturated carbocycles. The van der Waals surface area contributed by atoms with Crippen molar-refractivity contribution in [3.8, 4) is 0 Å². The highest BCUT2D eigenvalue weighted by molar-refractivity contribution is 5.91. The van der Waals surface area contributed by atoms with E-state index in [0.29, 0.717) is 6.54 Å². The predicted octanol–water partition coefficient (Wildman–Crippen LogP) is 0.748. The van der Waals surface area contributed by atoms with Gasteiger partial charge in [-0.2, -0.15) is 4.99 Å². The minimum Gasteiger partial charge on any atom is -0.369 e. The van der Waals surface area contributed by atoms with E-state index in [1.807, 2.05) is 30.3 Å². The van der Waals surface area contributed by atoms with Gasteiger partial charge < -0.3 is 16.4 Å². The molecule has 0 aliphatic rings. The SMILES string of the molecule is CN(Cc1ccccc1)C(N)=NC(=N)N.Cl. The minimum atomic E-state index is -0.285. The lowest BCUT2D eigenvalue weighted by Crippen LogP contribution is -2.35. The number of rotatable bonds is 2. The minimum absolute atomic E-state index is 0. The molecule has 0 aromatic heterocycles. The third-order valence-corrected chi connectivity index (χ3v) is 1.89. The van der Waals surface area contributed by atoms with E-state index in [2.05, 4.69) is 4.99 Å². The fourth-order valence-electron chi connectivity index (χ4n) is 1.15. The van der Waals surface area contributed by atoms with Gasteiger partial charge in [-0.05, 0) is 5.56 Å². The topological polar surface area (TPSA) is 91.5 Å². The van der Waals surface area contributed by atoms with Crippen LogP contribution in [0.4, 0.5) is 0 Å². The summed E-state index contributed by atoms with van der Waals surface area (Å²) >= 11 is 0. The molecule has 1 aromatic carbocycles. The van der Waals surface area contributed by atoms with Crippen molar-refractivity contribution in [2.24, 2.45) is 16.5 Å². The molecule has 0 spiro atoms. The van der Waals surface area contributed by atoms with Gasteiger partial charge in [0.05, 0.1) is 0 Å². The molecule has 0 atom stereocenters. The van der Waals surface area contributed by atoms with E-state index in [1.54, 1.807) is 11.9 Å². The maximum atomic E-state index is 6.98. The van der Waals surface area contributed by atoms with Crippen LogP contribution in [0, 0.1) is 5.41 Å². The highest BCUT2D eigenvalue weighted by Gasteiger charge is 2.02. The van der Waals surface area contributed by atoms with Gasteiger partial charge >= 0.3 is 0 Å². The summed E-state index contributed by atoms with van der Waals surface area (Å²) in [6.45, 7) is 0.642. The van der Waals surface area contributed by atoms with Crippen LogP contribution in [0.15, 0.2) is 35.3 Å². The zero-order valence-corrected chi connectivity index (χ0v) is 9.87. The standard InChI is InChI=1S/C10H15N5.ClH/c1-15(10(13)14-9(11)12)7-8-5-3-2-4-6-8;/h2-6H,7H2,1H3,(H5,11,12,13,14);1H. The normalized spacial score (nSPS) is 10.4. The molecule has 88 valence electrons. The molecule has 0 aliphatic heterocycles. The van der Waals surface area contributed by atoms with Gasteiger partial charge in [-0.1, -0.05) is 30.3 Å². The number of hydrogen-bond acceptors (Lipinski definition) is 1. The summed E-state index contributed by atoms with van der Waals surface area (Å²) in [7, 11) is 1.80. The number of aliphatic imine (C=N–C) groups is 1. The Hall–Kier alpha value is -1.75. The molecule has 0 heterocycles. The van der Waals surface area contributed by atoms with Crippen LogP contribution in [0.25, 0.3) is 0 Å². The molecule has 0 radical (unpaired) electrons. The highest BCUT2D eigenvalue weighted by Crippen LogP contribution is 2.01. The van der Waals surface area contributed by atoms with E-state index in [1.165, 1.54) is 0 Å². The van der Waals surface area contributed by atoms with E-state index in [4.69, 9.17) is 16.9 Å². The number of guanidine groups is 2. The quantitative estimate of drug-likeness (QED) is 0.527. The van der Waals surface area contributed by atoms with Gasteiger partial charge in [-0.15, -0.1) is 12.4 Å². The van der Waals surface area contributed by atoms with Crippen LogP contribution in [0.3, 0.4) is 0 Å². The third-order valence-electron chi connectivity index (χ3n) is 1.89. The van der Waals surface area contributed by atoms with E-state index >= 15 is 0 Å². The van der Waals surface area contributed by atoms with Gasteiger partial charge in [0.25, 0.3) is 0 Å². The molecule has 0 aliphatic carbocycles. The first kappa shape index (κ1) is 14.2. The Morgan fingerprint density at radius 1 is 1.31 bits per heavy atom. The van der Waals surface area contributed by atoms with Crippen LogP contribution >= 0.6 is 12.4 Å². The highest BCUT2D eigenvalue weighted by atomic mass is 35.5. The molecular formula is C10H16ClN5. The maximum Gasteiger partial charge on any atom is 0.215 e. The molecule has 0 unspecified atom stereocenters. The summed E-state index contributed by atoms with van der Waals surface area (Å²) < 4.78 is 0. The summed E-state index contributed by atoms with van der Waals surface area (Å²) in [6, 6.07) is 9.87. The summed E-state index contributed by atoms with van der Waals surface area (Å²) in [4.78, 5) is 5.39. The predicted molar refractivity (Wildman–Crippen MR) is 68.7 cm³/mol. The lowest BCUT2D eigenvalue weighted by molar-refractivity contribution is 0.495. The number of hydrogen-bond donors (Lipinski definition) is 3. The van der Waals surface area contributed by atoms with Crippen molar-refractivity contribution < 1.29 is 0 Å². The molecule has 5 nitrogen and oxygen atoms in total. The number of nitrogens with two attached hydrogens (primary N) is 2. The van der Waals surface area contributed by atoms with Crippen molar-refractivity contribution in [2.45, 2.75) is 6.54 Å². The van der Waals surface area contributed by atoms with Gasteiger partial charge in [0.2, 0.25) is 5.96 Å². The molecule has 0 saturated heterocycles. The molecule has 0 amide bonds.